The third kappa shape index (κ3) is 2.71. The lowest BCUT2D eigenvalue weighted by Crippen LogP contribution is -2.10. The summed E-state index contributed by atoms with van der Waals surface area (Å²) in [5.41, 5.74) is 9.48. The first-order valence-electron chi connectivity index (χ1n) is 6.71. The summed E-state index contributed by atoms with van der Waals surface area (Å²) in [6.45, 7) is 0. The molecule has 0 aliphatic carbocycles. The van der Waals surface area contributed by atoms with Gasteiger partial charge in [-0.05, 0) is 36.4 Å². The Morgan fingerprint density at radius 2 is 1.19 bits per heavy atom. The van der Waals surface area contributed by atoms with E-state index in [9.17, 15) is 0 Å². The summed E-state index contributed by atoms with van der Waals surface area (Å²) in [5, 5.41) is 0.560. The molecular formula is C18H15ClN2. The molecule has 0 aliphatic heterocycles. The summed E-state index contributed by atoms with van der Waals surface area (Å²) in [6, 6.07) is 25.9. The maximum atomic E-state index is 6.42. The van der Waals surface area contributed by atoms with E-state index in [1.165, 1.54) is 0 Å². The van der Waals surface area contributed by atoms with Crippen molar-refractivity contribution in [2.75, 3.05) is 10.6 Å². The standard InChI is InChI=1S/C18H15ClN2/c19-18-16(20)12-7-13-17(18)21(14-8-3-1-4-9-14)15-10-5-2-6-11-15/h1-13H,20H2. The first kappa shape index (κ1) is 13.5. The average molecular weight is 295 g/mol. The maximum Gasteiger partial charge on any atom is 0.0875 e. The van der Waals surface area contributed by atoms with E-state index in [2.05, 4.69) is 4.90 Å². The zero-order valence-corrected chi connectivity index (χ0v) is 12.2. The Kier molecular flexibility index (Phi) is 3.80. The van der Waals surface area contributed by atoms with E-state index in [1.54, 1.807) is 6.07 Å². The van der Waals surface area contributed by atoms with Gasteiger partial charge in [0, 0.05) is 11.4 Å². The fraction of sp³-hybridized carbons (Fsp3) is 0. The minimum Gasteiger partial charge on any atom is -0.397 e. The van der Waals surface area contributed by atoms with Crippen molar-refractivity contribution in [2.45, 2.75) is 0 Å². The van der Waals surface area contributed by atoms with Crippen molar-refractivity contribution >= 4 is 34.4 Å². The smallest absolute Gasteiger partial charge is 0.0875 e. The predicted octanol–water partition coefficient (Wildman–Crippen LogP) is 5.39. The highest BCUT2D eigenvalue weighted by molar-refractivity contribution is 6.36. The van der Waals surface area contributed by atoms with Crippen LogP contribution in [0.1, 0.15) is 0 Å². The fourth-order valence-electron chi connectivity index (χ4n) is 2.29. The van der Waals surface area contributed by atoms with Crippen molar-refractivity contribution in [3.8, 4) is 0 Å². The number of rotatable bonds is 3. The first-order valence-corrected chi connectivity index (χ1v) is 7.09. The van der Waals surface area contributed by atoms with Gasteiger partial charge in [-0.25, -0.2) is 0 Å². The highest BCUT2D eigenvalue weighted by Gasteiger charge is 2.15. The minimum atomic E-state index is 0.560. The molecule has 0 spiro atoms. The molecule has 0 heterocycles. The van der Waals surface area contributed by atoms with Crippen LogP contribution in [-0.2, 0) is 0 Å². The molecule has 3 aromatic carbocycles. The molecule has 0 saturated heterocycles. The molecule has 0 atom stereocenters. The topological polar surface area (TPSA) is 29.3 Å². The molecule has 0 fully saturated rings. The molecule has 21 heavy (non-hydrogen) atoms. The minimum absolute atomic E-state index is 0.560. The van der Waals surface area contributed by atoms with Gasteiger partial charge in [0.25, 0.3) is 0 Å². The van der Waals surface area contributed by atoms with Crippen LogP contribution in [0.2, 0.25) is 5.02 Å². The summed E-state index contributed by atoms with van der Waals surface area (Å²) < 4.78 is 0. The van der Waals surface area contributed by atoms with Gasteiger partial charge in [-0.15, -0.1) is 0 Å². The third-order valence-electron chi connectivity index (χ3n) is 3.28. The van der Waals surface area contributed by atoms with E-state index in [-0.39, 0.29) is 0 Å². The number of nitrogens with zero attached hydrogens (tertiary/aromatic N) is 1. The lowest BCUT2D eigenvalue weighted by Gasteiger charge is -2.26. The van der Waals surface area contributed by atoms with Crippen molar-refractivity contribution in [3.05, 3.63) is 83.9 Å². The molecular weight excluding hydrogens is 280 g/mol. The van der Waals surface area contributed by atoms with Crippen LogP contribution >= 0.6 is 11.6 Å². The van der Waals surface area contributed by atoms with E-state index in [1.807, 2.05) is 72.8 Å². The molecule has 2 nitrogen and oxygen atoms in total. The molecule has 0 saturated carbocycles. The molecule has 3 heteroatoms. The Hall–Kier alpha value is -2.45. The number of nitrogens with two attached hydrogens (primary N) is 1. The van der Waals surface area contributed by atoms with Crippen LogP contribution in [0.15, 0.2) is 78.9 Å². The number of hydrogen-bond acceptors (Lipinski definition) is 2. The molecule has 0 aromatic heterocycles. The van der Waals surface area contributed by atoms with Crippen LogP contribution in [-0.4, -0.2) is 0 Å². The van der Waals surface area contributed by atoms with E-state index in [4.69, 9.17) is 17.3 Å². The Balaban J connectivity index is 2.20. The second-order valence-electron chi connectivity index (χ2n) is 4.69. The molecule has 3 rings (SSSR count). The Labute approximate surface area is 129 Å². The van der Waals surface area contributed by atoms with Crippen LogP contribution in [0.5, 0.6) is 0 Å². The van der Waals surface area contributed by atoms with Gasteiger partial charge in [0.05, 0.1) is 16.4 Å². The number of anilines is 4. The second-order valence-corrected chi connectivity index (χ2v) is 5.06. The molecule has 0 radical (unpaired) electrons. The van der Waals surface area contributed by atoms with Crippen molar-refractivity contribution < 1.29 is 0 Å². The molecule has 3 aromatic rings. The summed E-state index contributed by atoms with van der Waals surface area (Å²) >= 11 is 6.42. The van der Waals surface area contributed by atoms with Crippen LogP contribution in [0, 0.1) is 0 Å². The predicted molar refractivity (Wildman–Crippen MR) is 90.5 cm³/mol. The number of benzene rings is 3. The van der Waals surface area contributed by atoms with Crippen molar-refractivity contribution in [1.82, 2.24) is 0 Å². The summed E-state index contributed by atoms with van der Waals surface area (Å²) in [6.07, 6.45) is 0. The quantitative estimate of drug-likeness (QED) is 0.656. The third-order valence-corrected chi connectivity index (χ3v) is 3.69. The number of hydrogen-bond donors (Lipinski definition) is 1. The molecule has 0 aliphatic rings. The van der Waals surface area contributed by atoms with Crippen molar-refractivity contribution in [3.63, 3.8) is 0 Å². The first-order chi connectivity index (χ1) is 10.3. The van der Waals surface area contributed by atoms with Gasteiger partial charge in [0.1, 0.15) is 0 Å². The van der Waals surface area contributed by atoms with Crippen LogP contribution in [0.3, 0.4) is 0 Å². The summed E-state index contributed by atoms with van der Waals surface area (Å²) in [7, 11) is 0. The van der Waals surface area contributed by atoms with Gasteiger partial charge in [0.2, 0.25) is 0 Å². The van der Waals surface area contributed by atoms with Gasteiger partial charge < -0.3 is 10.6 Å². The highest BCUT2D eigenvalue weighted by atomic mass is 35.5. The van der Waals surface area contributed by atoms with E-state index in [0.717, 1.165) is 17.1 Å². The van der Waals surface area contributed by atoms with E-state index >= 15 is 0 Å². The van der Waals surface area contributed by atoms with Crippen LogP contribution < -0.4 is 10.6 Å². The SMILES string of the molecule is Nc1cccc(N(c2ccccc2)c2ccccc2)c1Cl. The zero-order valence-electron chi connectivity index (χ0n) is 11.4. The van der Waals surface area contributed by atoms with Crippen molar-refractivity contribution in [2.24, 2.45) is 0 Å². The van der Waals surface area contributed by atoms with Gasteiger partial charge in [-0.1, -0.05) is 54.1 Å². The monoisotopic (exact) mass is 294 g/mol. The van der Waals surface area contributed by atoms with Crippen molar-refractivity contribution in [1.29, 1.82) is 0 Å². The molecule has 2 N–H and O–H groups in total. The summed E-state index contributed by atoms with van der Waals surface area (Å²) in [5.74, 6) is 0. The van der Waals surface area contributed by atoms with Gasteiger partial charge >= 0.3 is 0 Å². The molecule has 0 bridgehead atoms. The Bertz CT molecular complexity index is 687. The largest absolute Gasteiger partial charge is 0.397 e. The molecule has 0 amide bonds. The Morgan fingerprint density at radius 3 is 1.71 bits per heavy atom. The van der Waals surface area contributed by atoms with Gasteiger partial charge in [-0.2, -0.15) is 0 Å². The van der Waals surface area contributed by atoms with E-state index < -0.39 is 0 Å². The molecule has 104 valence electrons. The highest BCUT2D eigenvalue weighted by Crippen LogP contribution is 2.40. The second kappa shape index (κ2) is 5.90. The number of nitrogen functional groups attached to an aromatic ring is 1. The Morgan fingerprint density at radius 1 is 0.667 bits per heavy atom. The number of para-hydroxylation sites is 2. The zero-order chi connectivity index (χ0) is 14.7. The van der Waals surface area contributed by atoms with Gasteiger partial charge in [0.15, 0.2) is 0 Å². The molecule has 0 unspecified atom stereocenters. The number of halogens is 1. The lowest BCUT2D eigenvalue weighted by atomic mass is 10.2. The maximum absolute atomic E-state index is 6.42. The normalized spacial score (nSPS) is 10.3. The summed E-state index contributed by atoms with van der Waals surface area (Å²) in [4.78, 5) is 2.10. The van der Waals surface area contributed by atoms with E-state index in [0.29, 0.717) is 10.7 Å². The lowest BCUT2D eigenvalue weighted by molar-refractivity contribution is 1.28. The van der Waals surface area contributed by atoms with Crippen LogP contribution in [0.4, 0.5) is 22.7 Å². The fourth-order valence-corrected chi connectivity index (χ4v) is 2.50. The van der Waals surface area contributed by atoms with Gasteiger partial charge in [-0.3, -0.25) is 0 Å². The van der Waals surface area contributed by atoms with Crippen LogP contribution in [0.25, 0.3) is 0 Å². The average Bonchev–Trinajstić information content (AvgIpc) is 2.54.